The lowest BCUT2D eigenvalue weighted by Crippen LogP contribution is -2.10. The van der Waals surface area contributed by atoms with E-state index in [1.54, 1.807) is 0 Å². The predicted molar refractivity (Wildman–Crippen MR) is 129 cm³/mol. The molecule has 2 N–H and O–H groups in total. The van der Waals surface area contributed by atoms with Gasteiger partial charge in [0.1, 0.15) is 0 Å². The third-order valence-electron chi connectivity index (χ3n) is 5.45. The first-order chi connectivity index (χ1) is 16.1. The topological polar surface area (TPSA) is 113 Å². The molecule has 0 saturated heterocycles. The molecule has 0 aliphatic rings. The van der Waals surface area contributed by atoms with Crippen molar-refractivity contribution in [3.05, 3.63) is 89.7 Å². The van der Waals surface area contributed by atoms with Gasteiger partial charge in [0.2, 0.25) is 0 Å². The van der Waals surface area contributed by atoms with Gasteiger partial charge in [-0.05, 0) is 58.5 Å². The van der Waals surface area contributed by atoms with Crippen LogP contribution in [0.4, 0.5) is 0 Å². The molecular weight excluding hydrogens is 430 g/mol. The molecule has 0 spiro atoms. The third kappa shape index (κ3) is 4.83. The van der Waals surface area contributed by atoms with Crippen molar-refractivity contribution in [2.45, 2.75) is 26.2 Å². The molecule has 4 aromatic rings. The zero-order valence-electron chi connectivity index (χ0n) is 19.0. The number of hydrogen-bond donors (Lipinski definition) is 2. The van der Waals surface area contributed by atoms with Crippen molar-refractivity contribution in [1.82, 2.24) is 15.0 Å². The summed E-state index contributed by atoms with van der Waals surface area (Å²) in [6.07, 6.45) is 2.85. The van der Waals surface area contributed by atoms with Crippen LogP contribution >= 0.6 is 0 Å². The zero-order valence-corrected chi connectivity index (χ0v) is 19.0. The third-order valence-corrected chi connectivity index (χ3v) is 5.45. The Hall–Kier alpha value is -4.39. The Morgan fingerprint density at radius 3 is 1.53 bits per heavy atom. The molecule has 170 valence electrons. The van der Waals surface area contributed by atoms with Crippen molar-refractivity contribution in [3.63, 3.8) is 0 Å². The molecule has 0 atom stereocenters. The second kappa shape index (κ2) is 8.86. The van der Waals surface area contributed by atoms with E-state index in [1.807, 2.05) is 24.3 Å². The highest BCUT2D eigenvalue weighted by Gasteiger charge is 2.16. The first-order valence-corrected chi connectivity index (χ1v) is 10.6. The Labute approximate surface area is 196 Å². The Balaban J connectivity index is 1.89. The van der Waals surface area contributed by atoms with E-state index in [-0.39, 0.29) is 16.5 Å². The van der Waals surface area contributed by atoms with E-state index in [9.17, 15) is 19.8 Å². The summed E-state index contributed by atoms with van der Waals surface area (Å²) in [7, 11) is 0. The maximum Gasteiger partial charge on any atom is 0.335 e. The molecule has 0 amide bonds. The lowest BCUT2D eigenvalue weighted by Gasteiger charge is -2.19. The monoisotopic (exact) mass is 453 g/mol. The van der Waals surface area contributed by atoms with Crippen molar-refractivity contribution < 1.29 is 19.8 Å². The second-order valence-corrected chi connectivity index (χ2v) is 8.92. The van der Waals surface area contributed by atoms with Crippen LogP contribution in [0, 0.1) is 0 Å². The minimum absolute atomic E-state index is 0.00940. The standard InChI is InChI=1S/C27H23N3O4/c1-27(2,3)20-6-4-16(5-7-20)19-14-23(21-12-17(25(31)32)8-10-28-21)30-24(15-19)22-13-18(26(33)34)9-11-29-22/h4-15H,1-3H3,(H,31,32)(H,33,34). The zero-order chi connectivity index (χ0) is 24.5. The lowest BCUT2D eigenvalue weighted by molar-refractivity contribution is 0.0686. The summed E-state index contributed by atoms with van der Waals surface area (Å²) in [4.78, 5) is 36.2. The van der Waals surface area contributed by atoms with Gasteiger partial charge in [-0.3, -0.25) is 9.97 Å². The van der Waals surface area contributed by atoms with Crippen LogP contribution in [0.5, 0.6) is 0 Å². The molecule has 0 unspecified atom stereocenters. The van der Waals surface area contributed by atoms with Gasteiger partial charge < -0.3 is 10.2 Å². The molecular formula is C27H23N3O4. The Morgan fingerprint density at radius 1 is 0.647 bits per heavy atom. The van der Waals surface area contributed by atoms with Gasteiger partial charge in [0.25, 0.3) is 0 Å². The predicted octanol–water partition coefficient (Wildman–Crippen LogP) is 5.57. The van der Waals surface area contributed by atoms with E-state index in [2.05, 4.69) is 47.9 Å². The number of hydrogen-bond acceptors (Lipinski definition) is 5. The lowest BCUT2D eigenvalue weighted by atomic mass is 9.86. The van der Waals surface area contributed by atoms with E-state index >= 15 is 0 Å². The molecule has 4 rings (SSSR count). The highest BCUT2D eigenvalue weighted by Crippen LogP contribution is 2.31. The van der Waals surface area contributed by atoms with Crippen LogP contribution in [0.15, 0.2) is 73.1 Å². The number of aromatic nitrogens is 3. The first-order valence-electron chi connectivity index (χ1n) is 10.6. The van der Waals surface area contributed by atoms with Crippen LogP contribution in [0.1, 0.15) is 47.1 Å². The molecule has 0 radical (unpaired) electrons. The van der Waals surface area contributed by atoms with E-state index in [0.29, 0.717) is 22.8 Å². The van der Waals surface area contributed by atoms with Gasteiger partial charge in [-0.25, -0.2) is 14.6 Å². The van der Waals surface area contributed by atoms with E-state index in [0.717, 1.165) is 11.1 Å². The molecule has 0 aliphatic carbocycles. The minimum atomic E-state index is -1.06. The van der Waals surface area contributed by atoms with Crippen molar-refractivity contribution >= 4 is 11.9 Å². The van der Waals surface area contributed by atoms with Crippen LogP contribution in [0.3, 0.4) is 0 Å². The van der Waals surface area contributed by atoms with Crippen LogP contribution in [0.2, 0.25) is 0 Å². The van der Waals surface area contributed by atoms with Crippen LogP contribution in [-0.4, -0.2) is 37.1 Å². The summed E-state index contributed by atoms with van der Waals surface area (Å²) in [6.45, 7) is 6.44. The van der Waals surface area contributed by atoms with Gasteiger partial charge >= 0.3 is 11.9 Å². The molecule has 7 heteroatoms. The molecule has 34 heavy (non-hydrogen) atoms. The largest absolute Gasteiger partial charge is 0.478 e. The van der Waals surface area contributed by atoms with Gasteiger partial charge in [0.05, 0.1) is 33.9 Å². The molecule has 0 bridgehead atoms. The van der Waals surface area contributed by atoms with Crippen molar-refractivity contribution in [2.24, 2.45) is 0 Å². The molecule has 3 heterocycles. The van der Waals surface area contributed by atoms with Crippen LogP contribution in [0.25, 0.3) is 33.9 Å². The molecule has 0 aliphatic heterocycles. The highest BCUT2D eigenvalue weighted by molar-refractivity contribution is 5.90. The van der Waals surface area contributed by atoms with Crippen molar-refractivity contribution in [3.8, 4) is 33.9 Å². The normalized spacial score (nSPS) is 11.3. The first kappa shape index (κ1) is 22.8. The second-order valence-electron chi connectivity index (χ2n) is 8.92. The smallest absolute Gasteiger partial charge is 0.335 e. The van der Waals surface area contributed by atoms with E-state index in [1.165, 1.54) is 42.2 Å². The molecule has 0 saturated carbocycles. The Bertz CT molecular complexity index is 1310. The van der Waals surface area contributed by atoms with Crippen LogP contribution in [-0.2, 0) is 5.41 Å². The van der Waals surface area contributed by atoms with Crippen molar-refractivity contribution in [1.29, 1.82) is 0 Å². The van der Waals surface area contributed by atoms with E-state index in [4.69, 9.17) is 0 Å². The molecule has 3 aromatic heterocycles. The summed E-state index contributed by atoms with van der Waals surface area (Å²) in [5.41, 5.74) is 4.85. The van der Waals surface area contributed by atoms with E-state index < -0.39 is 11.9 Å². The Morgan fingerprint density at radius 2 is 1.12 bits per heavy atom. The van der Waals surface area contributed by atoms with Gasteiger partial charge in [-0.1, -0.05) is 45.0 Å². The summed E-state index contributed by atoms with van der Waals surface area (Å²) in [6, 6.07) is 17.6. The number of carboxylic acids is 2. The molecule has 7 nitrogen and oxygen atoms in total. The van der Waals surface area contributed by atoms with Crippen LogP contribution < -0.4 is 0 Å². The average molecular weight is 453 g/mol. The maximum absolute atomic E-state index is 11.5. The summed E-state index contributed by atoms with van der Waals surface area (Å²) < 4.78 is 0. The number of rotatable bonds is 5. The summed E-state index contributed by atoms with van der Waals surface area (Å²) >= 11 is 0. The highest BCUT2D eigenvalue weighted by atomic mass is 16.4. The summed E-state index contributed by atoms with van der Waals surface area (Å²) in [5.74, 6) is -2.12. The maximum atomic E-state index is 11.5. The quantitative estimate of drug-likeness (QED) is 0.406. The fourth-order valence-electron chi connectivity index (χ4n) is 3.53. The fourth-order valence-corrected chi connectivity index (χ4v) is 3.53. The number of pyridine rings is 3. The molecule has 1 aromatic carbocycles. The molecule has 0 fully saturated rings. The number of aromatic carboxylic acids is 2. The SMILES string of the molecule is CC(C)(C)c1ccc(-c2cc(-c3cc(C(=O)O)ccn3)nc(-c3cc(C(=O)O)ccn3)c2)cc1. The minimum Gasteiger partial charge on any atom is -0.478 e. The van der Waals surface area contributed by atoms with Gasteiger partial charge in [-0.2, -0.15) is 0 Å². The number of carbonyl (C=O) groups is 2. The summed E-state index contributed by atoms with van der Waals surface area (Å²) in [5, 5.41) is 18.8. The van der Waals surface area contributed by atoms with Gasteiger partial charge in [0, 0.05) is 12.4 Å². The average Bonchev–Trinajstić information content (AvgIpc) is 2.83. The van der Waals surface area contributed by atoms with Crippen molar-refractivity contribution in [2.75, 3.05) is 0 Å². The number of benzene rings is 1. The Kier molecular flexibility index (Phi) is 5.94. The number of carboxylic acid groups (broad SMARTS) is 2. The van der Waals surface area contributed by atoms with Gasteiger partial charge in [0.15, 0.2) is 0 Å². The fraction of sp³-hybridized carbons (Fsp3) is 0.148. The number of nitrogens with zero attached hydrogens (tertiary/aromatic N) is 3. The van der Waals surface area contributed by atoms with Gasteiger partial charge in [-0.15, -0.1) is 0 Å².